The Labute approximate surface area is 111 Å². The molecule has 1 aliphatic rings. The van der Waals surface area contributed by atoms with Gasteiger partial charge in [-0.2, -0.15) is 0 Å². The Morgan fingerprint density at radius 2 is 2.11 bits per heavy atom. The molecule has 2 unspecified atom stereocenters. The van der Waals surface area contributed by atoms with E-state index in [1.165, 1.54) is 36.9 Å². The van der Waals surface area contributed by atoms with Gasteiger partial charge < -0.3 is 10.1 Å². The second-order valence-electron chi connectivity index (χ2n) is 5.16. The van der Waals surface area contributed by atoms with Crippen molar-refractivity contribution in [2.45, 2.75) is 52.5 Å². The molecule has 0 spiro atoms. The number of nitrogens with one attached hydrogen (secondary N) is 1. The van der Waals surface area contributed by atoms with Crippen molar-refractivity contribution in [3.63, 3.8) is 0 Å². The summed E-state index contributed by atoms with van der Waals surface area (Å²) in [5.74, 6) is 1.76. The summed E-state index contributed by atoms with van der Waals surface area (Å²) in [6, 6.07) is 7.10. The zero-order valence-electron chi connectivity index (χ0n) is 11.8. The van der Waals surface area contributed by atoms with Crippen LogP contribution in [0.15, 0.2) is 18.2 Å². The first-order chi connectivity index (χ1) is 8.78. The zero-order chi connectivity index (χ0) is 13.0. The van der Waals surface area contributed by atoms with E-state index in [2.05, 4.69) is 37.4 Å². The highest BCUT2D eigenvalue weighted by Gasteiger charge is 2.26. The number of hydrogen-bond donors (Lipinski definition) is 1. The summed E-state index contributed by atoms with van der Waals surface area (Å²) < 4.78 is 5.59. The third kappa shape index (κ3) is 2.80. The summed E-state index contributed by atoms with van der Waals surface area (Å²) in [6.45, 7) is 7.33. The van der Waals surface area contributed by atoms with Gasteiger partial charge in [-0.1, -0.05) is 26.7 Å². The van der Waals surface area contributed by atoms with E-state index in [1.54, 1.807) is 0 Å². The average Bonchev–Trinajstić information content (AvgIpc) is 2.39. The predicted molar refractivity (Wildman–Crippen MR) is 77.4 cm³/mol. The number of anilines is 1. The number of fused-ring (bicyclic) bond motifs is 1. The monoisotopic (exact) mass is 247 g/mol. The Kier molecular flexibility index (Phi) is 4.51. The first-order valence-corrected chi connectivity index (χ1v) is 7.30. The van der Waals surface area contributed by atoms with Gasteiger partial charge in [0.05, 0.1) is 6.61 Å². The van der Waals surface area contributed by atoms with Crippen molar-refractivity contribution in [3.8, 4) is 5.75 Å². The molecule has 1 heterocycles. The van der Waals surface area contributed by atoms with Crippen molar-refractivity contribution in [1.82, 2.24) is 0 Å². The Morgan fingerprint density at radius 3 is 2.78 bits per heavy atom. The van der Waals surface area contributed by atoms with E-state index in [0.717, 1.165) is 18.3 Å². The molecule has 18 heavy (non-hydrogen) atoms. The van der Waals surface area contributed by atoms with Gasteiger partial charge in [-0.25, -0.2) is 0 Å². The number of ether oxygens (including phenoxy) is 1. The highest BCUT2D eigenvalue weighted by atomic mass is 16.5. The minimum atomic E-state index is 0.644. The molecule has 2 atom stereocenters. The highest BCUT2D eigenvalue weighted by Crippen LogP contribution is 2.34. The number of benzene rings is 1. The van der Waals surface area contributed by atoms with Crippen LogP contribution in [0.4, 0.5) is 5.69 Å². The molecule has 0 saturated heterocycles. The van der Waals surface area contributed by atoms with E-state index >= 15 is 0 Å². The second kappa shape index (κ2) is 6.12. The van der Waals surface area contributed by atoms with E-state index in [0.29, 0.717) is 6.04 Å². The topological polar surface area (TPSA) is 21.3 Å². The van der Waals surface area contributed by atoms with Gasteiger partial charge in [-0.15, -0.1) is 0 Å². The summed E-state index contributed by atoms with van der Waals surface area (Å²) in [4.78, 5) is 0. The predicted octanol–water partition coefficient (Wildman–Crippen LogP) is 4.25. The fourth-order valence-corrected chi connectivity index (χ4v) is 2.93. The maximum atomic E-state index is 5.59. The van der Waals surface area contributed by atoms with Gasteiger partial charge in [0.1, 0.15) is 5.75 Å². The quantitative estimate of drug-likeness (QED) is 0.840. The Balaban J connectivity index is 2.18. The molecule has 2 nitrogen and oxygen atoms in total. The highest BCUT2D eigenvalue weighted by molar-refractivity contribution is 5.57. The Bertz CT molecular complexity index is 389. The molecule has 0 fully saturated rings. The lowest BCUT2D eigenvalue weighted by atomic mass is 9.83. The van der Waals surface area contributed by atoms with Crippen molar-refractivity contribution in [3.05, 3.63) is 23.8 Å². The molecule has 1 aliphatic heterocycles. The first-order valence-electron chi connectivity index (χ1n) is 7.30. The summed E-state index contributed by atoms with van der Waals surface area (Å²) >= 11 is 0. The van der Waals surface area contributed by atoms with E-state index in [4.69, 9.17) is 4.74 Å². The van der Waals surface area contributed by atoms with Crippen LogP contribution in [0.1, 0.15) is 45.6 Å². The van der Waals surface area contributed by atoms with Crippen LogP contribution in [0.25, 0.3) is 0 Å². The smallest absolute Gasteiger partial charge is 0.119 e. The van der Waals surface area contributed by atoms with E-state index in [-0.39, 0.29) is 0 Å². The summed E-state index contributed by atoms with van der Waals surface area (Å²) in [5.41, 5.74) is 2.72. The summed E-state index contributed by atoms with van der Waals surface area (Å²) in [5, 5.41) is 3.71. The van der Waals surface area contributed by atoms with E-state index in [9.17, 15) is 0 Å². The van der Waals surface area contributed by atoms with Gasteiger partial charge in [0, 0.05) is 11.7 Å². The van der Waals surface area contributed by atoms with Gasteiger partial charge in [0.15, 0.2) is 0 Å². The van der Waals surface area contributed by atoms with Gasteiger partial charge in [0.25, 0.3) is 0 Å². The molecule has 100 valence electrons. The maximum absolute atomic E-state index is 5.59. The fourth-order valence-electron chi connectivity index (χ4n) is 2.93. The molecule has 0 bridgehead atoms. The lowest BCUT2D eigenvalue weighted by Gasteiger charge is -2.34. The van der Waals surface area contributed by atoms with Crippen LogP contribution in [-0.4, -0.2) is 12.6 Å². The van der Waals surface area contributed by atoms with Crippen molar-refractivity contribution in [2.75, 3.05) is 11.9 Å². The molecule has 2 rings (SSSR count). The molecule has 1 aromatic rings. The lowest BCUT2D eigenvalue weighted by molar-refractivity contribution is 0.338. The average molecular weight is 247 g/mol. The van der Waals surface area contributed by atoms with Crippen LogP contribution in [0, 0.1) is 5.92 Å². The number of rotatable bonds is 5. The van der Waals surface area contributed by atoms with Crippen LogP contribution < -0.4 is 10.1 Å². The zero-order valence-corrected chi connectivity index (χ0v) is 11.8. The molecule has 0 radical (unpaired) electrons. The molecule has 0 amide bonds. The fraction of sp³-hybridized carbons (Fsp3) is 0.625. The third-order valence-electron chi connectivity index (χ3n) is 3.90. The second-order valence-corrected chi connectivity index (χ2v) is 5.16. The first kappa shape index (κ1) is 13.3. The van der Waals surface area contributed by atoms with Crippen LogP contribution in [0.2, 0.25) is 0 Å². The van der Waals surface area contributed by atoms with Crippen LogP contribution >= 0.6 is 0 Å². The summed E-state index contributed by atoms with van der Waals surface area (Å²) in [6.07, 6.45) is 4.95. The number of hydrogen-bond acceptors (Lipinski definition) is 2. The molecule has 0 aromatic heterocycles. The SMILES string of the molecule is CCCC1Nc2ccc(OCC)cc2CC1CC. The summed E-state index contributed by atoms with van der Waals surface area (Å²) in [7, 11) is 0. The van der Waals surface area contributed by atoms with Crippen molar-refractivity contribution < 1.29 is 4.74 Å². The van der Waals surface area contributed by atoms with Gasteiger partial charge in [0.2, 0.25) is 0 Å². The van der Waals surface area contributed by atoms with Gasteiger partial charge in [-0.3, -0.25) is 0 Å². The van der Waals surface area contributed by atoms with Crippen molar-refractivity contribution in [1.29, 1.82) is 0 Å². The van der Waals surface area contributed by atoms with Crippen molar-refractivity contribution in [2.24, 2.45) is 5.92 Å². The van der Waals surface area contributed by atoms with E-state index in [1.807, 2.05) is 6.92 Å². The molecular formula is C16H25NO. The van der Waals surface area contributed by atoms with Gasteiger partial charge in [-0.05, 0) is 49.4 Å². The minimum Gasteiger partial charge on any atom is -0.494 e. The van der Waals surface area contributed by atoms with Crippen LogP contribution in [0.5, 0.6) is 5.75 Å². The largest absolute Gasteiger partial charge is 0.494 e. The Morgan fingerprint density at radius 1 is 1.28 bits per heavy atom. The van der Waals surface area contributed by atoms with E-state index < -0.39 is 0 Å². The lowest BCUT2D eigenvalue weighted by Crippen LogP contribution is -2.34. The molecule has 0 aliphatic carbocycles. The molecule has 1 aromatic carbocycles. The molecule has 2 heteroatoms. The van der Waals surface area contributed by atoms with Crippen LogP contribution in [-0.2, 0) is 6.42 Å². The Hall–Kier alpha value is -1.18. The normalized spacial score (nSPS) is 22.2. The molecule has 0 saturated carbocycles. The third-order valence-corrected chi connectivity index (χ3v) is 3.90. The van der Waals surface area contributed by atoms with Crippen molar-refractivity contribution >= 4 is 5.69 Å². The molecule has 1 N–H and O–H groups in total. The van der Waals surface area contributed by atoms with Crippen LogP contribution in [0.3, 0.4) is 0 Å². The standard InChI is InChI=1S/C16H25NO/c1-4-7-15-12(5-2)10-13-11-14(18-6-3)8-9-16(13)17-15/h8-9,11-12,15,17H,4-7,10H2,1-3H3. The molecular weight excluding hydrogens is 222 g/mol. The van der Waals surface area contributed by atoms with Gasteiger partial charge >= 0.3 is 0 Å². The minimum absolute atomic E-state index is 0.644. The maximum Gasteiger partial charge on any atom is 0.119 e.